The Kier molecular flexibility index (Phi) is 5.67. The van der Waals surface area contributed by atoms with Crippen molar-refractivity contribution in [2.75, 3.05) is 50.7 Å². The number of halogens is 3. The largest absolute Gasteiger partial charge is 0.416 e. The Morgan fingerprint density at radius 3 is 2.38 bits per heavy atom. The highest BCUT2D eigenvalue weighted by Gasteiger charge is 2.34. The molecule has 0 radical (unpaired) electrons. The van der Waals surface area contributed by atoms with Crippen LogP contribution in [0, 0.1) is 16.0 Å². The number of anilines is 1. The Morgan fingerprint density at radius 1 is 1.15 bits per heavy atom. The lowest BCUT2D eigenvalue weighted by molar-refractivity contribution is -0.384. The van der Waals surface area contributed by atoms with E-state index in [9.17, 15) is 23.3 Å². The maximum atomic E-state index is 12.8. The number of alkyl halides is 3. The Hall–Kier alpha value is -1.87. The second-order valence-electron chi connectivity index (χ2n) is 6.94. The summed E-state index contributed by atoms with van der Waals surface area (Å²) >= 11 is 0. The first kappa shape index (κ1) is 18.9. The SMILES string of the molecule is O=[N+]([O-])c1cc(C(F)(F)F)ccc1N1CCN(CC2CCNCC2)CC1. The number of hydrogen-bond acceptors (Lipinski definition) is 5. The molecule has 9 heteroatoms. The molecule has 2 saturated heterocycles. The number of nitrogens with one attached hydrogen (secondary N) is 1. The molecule has 2 fully saturated rings. The van der Waals surface area contributed by atoms with Gasteiger partial charge in [-0.2, -0.15) is 13.2 Å². The van der Waals surface area contributed by atoms with Gasteiger partial charge in [-0.25, -0.2) is 0 Å². The van der Waals surface area contributed by atoms with Gasteiger partial charge in [0.2, 0.25) is 0 Å². The van der Waals surface area contributed by atoms with Crippen molar-refractivity contribution in [2.45, 2.75) is 19.0 Å². The first-order valence-electron chi connectivity index (χ1n) is 8.88. The van der Waals surface area contributed by atoms with Crippen LogP contribution >= 0.6 is 0 Å². The molecule has 1 N–H and O–H groups in total. The summed E-state index contributed by atoms with van der Waals surface area (Å²) in [6.45, 7) is 5.80. The fourth-order valence-corrected chi connectivity index (χ4v) is 3.71. The molecule has 144 valence electrons. The molecule has 2 aliphatic heterocycles. The predicted octanol–water partition coefficient (Wildman–Crippen LogP) is 2.74. The third-order valence-corrected chi connectivity index (χ3v) is 5.19. The number of benzene rings is 1. The number of nitro groups is 1. The highest BCUT2D eigenvalue weighted by atomic mass is 19.4. The predicted molar refractivity (Wildman–Crippen MR) is 92.3 cm³/mol. The molecule has 0 aliphatic carbocycles. The van der Waals surface area contributed by atoms with Crippen molar-refractivity contribution in [3.05, 3.63) is 33.9 Å². The lowest BCUT2D eigenvalue weighted by Crippen LogP contribution is -2.48. The molecule has 1 aromatic rings. The maximum absolute atomic E-state index is 12.8. The van der Waals surface area contributed by atoms with Gasteiger partial charge in [0.15, 0.2) is 0 Å². The minimum atomic E-state index is -4.59. The minimum Gasteiger partial charge on any atom is -0.363 e. The minimum absolute atomic E-state index is 0.268. The molecule has 0 bridgehead atoms. The Bertz CT molecular complexity index is 639. The van der Waals surface area contributed by atoms with E-state index in [1.54, 1.807) is 0 Å². The van der Waals surface area contributed by atoms with Crippen LogP contribution in [0.4, 0.5) is 24.5 Å². The van der Waals surface area contributed by atoms with Crippen molar-refractivity contribution in [3.63, 3.8) is 0 Å². The number of hydrogen-bond donors (Lipinski definition) is 1. The van der Waals surface area contributed by atoms with Gasteiger partial charge >= 0.3 is 6.18 Å². The monoisotopic (exact) mass is 372 g/mol. The normalized spacial score (nSPS) is 20.3. The lowest BCUT2D eigenvalue weighted by Gasteiger charge is -2.38. The van der Waals surface area contributed by atoms with Gasteiger partial charge in [-0.15, -0.1) is 0 Å². The topological polar surface area (TPSA) is 61.7 Å². The van der Waals surface area contributed by atoms with Crippen LogP contribution in [0.5, 0.6) is 0 Å². The summed E-state index contributed by atoms with van der Waals surface area (Å²) in [7, 11) is 0. The Labute approximate surface area is 150 Å². The van der Waals surface area contributed by atoms with Crippen molar-refractivity contribution >= 4 is 11.4 Å². The van der Waals surface area contributed by atoms with Crippen molar-refractivity contribution in [1.29, 1.82) is 0 Å². The zero-order chi connectivity index (χ0) is 18.7. The first-order valence-corrected chi connectivity index (χ1v) is 8.88. The van der Waals surface area contributed by atoms with Crippen LogP contribution in [0.2, 0.25) is 0 Å². The van der Waals surface area contributed by atoms with Crippen LogP contribution in [0.1, 0.15) is 18.4 Å². The molecule has 0 atom stereocenters. The standard InChI is InChI=1S/C17H23F3N4O2/c18-17(19,20)14-1-2-15(16(11-14)24(25)26)23-9-7-22(8-10-23)12-13-3-5-21-6-4-13/h1-2,11,13,21H,3-10,12H2. The molecule has 6 nitrogen and oxygen atoms in total. The van der Waals surface area contributed by atoms with E-state index in [1.807, 2.05) is 4.90 Å². The summed E-state index contributed by atoms with van der Waals surface area (Å²) in [5.41, 5.74) is -1.20. The van der Waals surface area contributed by atoms with E-state index in [0.29, 0.717) is 25.1 Å². The number of nitrogens with zero attached hydrogens (tertiary/aromatic N) is 3. The van der Waals surface area contributed by atoms with Gasteiger partial charge in [0.25, 0.3) is 5.69 Å². The van der Waals surface area contributed by atoms with Crippen LogP contribution in [0.3, 0.4) is 0 Å². The summed E-state index contributed by atoms with van der Waals surface area (Å²) in [5, 5.41) is 14.6. The van der Waals surface area contributed by atoms with E-state index in [1.165, 1.54) is 6.07 Å². The molecule has 1 aromatic carbocycles. The second-order valence-corrected chi connectivity index (χ2v) is 6.94. The smallest absolute Gasteiger partial charge is 0.363 e. The highest BCUT2D eigenvalue weighted by Crippen LogP contribution is 2.36. The van der Waals surface area contributed by atoms with Crippen molar-refractivity contribution in [2.24, 2.45) is 5.92 Å². The number of piperidine rings is 1. The van der Waals surface area contributed by atoms with Gasteiger partial charge in [-0.1, -0.05) is 0 Å². The summed E-state index contributed by atoms with van der Waals surface area (Å²) in [6.07, 6.45) is -2.27. The first-order chi connectivity index (χ1) is 12.3. The van der Waals surface area contributed by atoms with Crippen LogP contribution in [0.15, 0.2) is 18.2 Å². The van der Waals surface area contributed by atoms with Crippen LogP contribution in [-0.4, -0.2) is 55.6 Å². The van der Waals surface area contributed by atoms with Gasteiger partial charge in [0, 0.05) is 38.8 Å². The molecular weight excluding hydrogens is 349 g/mol. The molecule has 0 unspecified atom stereocenters. The average Bonchev–Trinajstić information content (AvgIpc) is 2.62. The fraction of sp³-hybridized carbons (Fsp3) is 0.647. The average molecular weight is 372 g/mol. The van der Waals surface area contributed by atoms with E-state index in [0.717, 1.165) is 51.6 Å². The van der Waals surface area contributed by atoms with Gasteiger partial charge in [-0.05, 0) is 44.0 Å². The van der Waals surface area contributed by atoms with Crippen molar-refractivity contribution < 1.29 is 18.1 Å². The van der Waals surface area contributed by atoms with E-state index in [2.05, 4.69) is 10.2 Å². The zero-order valence-electron chi connectivity index (χ0n) is 14.5. The molecule has 0 saturated carbocycles. The van der Waals surface area contributed by atoms with E-state index in [4.69, 9.17) is 0 Å². The Morgan fingerprint density at radius 2 is 1.81 bits per heavy atom. The van der Waals surface area contributed by atoms with Crippen molar-refractivity contribution in [3.8, 4) is 0 Å². The van der Waals surface area contributed by atoms with E-state index >= 15 is 0 Å². The van der Waals surface area contributed by atoms with Crippen LogP contribution < -0.4 is 10.2 Å². The second kappa shape index (κ2) is 7.79. The molecular formula is C17H23F3N4O2. The van der Waals surface area contributed by atoms with Gasteiger partial charge < -0.3 is 10.2 Å². The third kappa shape index (κ3) is 4.45. The van der Waals surface area contributed by atoms with Crippen molar-refractivity contribution in [1.82, 2.24) is 10.2 Å². The molecule has 0 aromatic heterocycles. The quantitative estimate of drug-likeness (QED) is 0.651. The van der Waals surface area contributed by atoms with E-state index in [-0.39, 0.29) is 5.69 Å². The van der Waals surface area contributed by atoms with Crippen LogP contribution in [-0.2, 0) is 6.18 Å². The molecule has 0 spiro atoms. The number of piperazine rings is 1. The summed E-state index contributed by atoms with van der Waals surface area (Å²) < 4.78 is 38.5. The van der Waals surface area contributed by atoms with E-state index < -0.39 is 22.4 Å². The van der Waals surface area contributed by atoms with Gasteiger partial charge in [-0.3, -0.25) is 15.0 Å². The lowest BCUT2D eigenvalue weighted by atomic mass is 9.97. The number of nitro benzene ring substituents is 1. The Balaban J connectivity index is 1.66. The zero-order valence-corrected chi connectivity index (χ0v) is 14.5. The summed E-state index contributed by atoms with van der Waals surface area (Å²) in [4.78, 5) is 14.7. The third-order valence-electron chi connectivity index (χ3n) is 5.19. The number of rotatable bonds is 4. The van der Waals surface area contributed by atoms with Crippen LogP contribution in [0.25, 0.3) is 0 Å². The molecule has 26 heavy (non-hydrogen) atoms. The molecule has 2 aliphatic rings. The summed E-state index contributed by atoms with van der Waals surface area (Å²) in [5.74, 6) is 0.670. The molecule has 2 heterocycles. The van der Waals surface area contributed by atoms with Gasteiger partial charge in [0.1, 0.15) is 5.69 Å². The maximum Gasteiger partial charge on any atom is 0.416 e. The van der Waals surface area contributed by atoms with Gasteiger partial charge in [0.05, 0.1) is 10.5 Å². The molecule has 0 amide bonds. The summed E-state index contributed by atoms with van der Waals surface area (Å²) in [6, 6.07) is 2.78. The fourth-order valence-electron chi connectivity index (χ4n) is 3.71. The molecule has 3 rings (SSSR count). The highest BCUT2D eigenvalue weighted by molar-refractivity contribution is 5.65.